The van der Waals surface area contributed by atoms with E-state index in [0.717, 1.165) is 15.4 Å². The van der Waals surface area contributed by atoms with Gasteiger partial charge in [0.15, 0.2) is 0 Å². The summed E-state index contributed by atoms with van der Waals surface area (Å²) < 4.78 is 25.2. The van der Waals surface area contributed by atoms with Crippen LogP contribution in [-0.2, 0) is 14.8 Å². The van der Waals surface area contributed by atoms with Crippen molar-refractivity contribution in [1.29, 1.82) is 0 Å². The molecule has 0 bridgehead atoms. The van der Waals surface area contributed by atoms with Crippen molar-refractivity contribution in [3.05, 3.63) is 58.1 Å². The minimum absolute atomic E-state index is 0.0683. The highest BCUT2D eigenvalue weighted by molar-refractivity contribution is 7.94. The molecular formula is C19H19ClN2O4S. The molecule has 1 N–H and O–H groups in total. The van der Waals surface area contributed by atoms with Gasteiger partial charge in [0.2, 0.25) is 15.9 Å². The summed E-state index contributed by atoms with van der Waals surface area (Å²) in [4.78, 5) is 24.8. The van der Waals surface area contributed by atoms with Gasteiger partial charge in [-0.25, -0.2) is 12.7 Å². The lowest BCUT2D eigenvalue weighted by molar-refractivity contribution is -0.119. The maximum absolute atomic E-state index is 12.6. The maximum Gasteiger partial charge on any atom is 0.257 e. The Balaban J connectivity index is 1.92. The molecule has 142 valence electrons. The van der Waals surface area contributed by atoms with Crippen LogP contribution in [0.15, 0.2) is 36.4 Å². The third kappa shape index (κ3) is 3.57. The molecule has 27 heavy (non-hydrogen) atoms. The normalized spacial score (nSPS) is 18.6. The summed E-state index contributed by atoms with van der Waals surface area (Å²) in [6.45, 7) is 5.34. The number of hydrogen-bond donors (Lipinski definition) is 1. The largest absolute Gasteiger partial charge is 0.321 e. The Kier molecular flexibility index (Phi) is 5.01. The Morgan fingerprint density at radius 3 is 2.33 bits per heavy atom. The molecule has 2 amide bonds. The number of nitrogens with zero attached hydrogens (tertiary/aromatic N) is 1. The first kappa shape index (κ1) is 19.4. The molecule has 0 spiro atoms. The first-order valence-electron chi connectivity index (χ1n) is 8.36. The maximum atomic E-state index is 12.6. The molecule has 1 saturated heterocycles. The number of carbonyl (C=O) groups excluding carboxylic acids is 2. The monoisotopic (exact) mass is 406 g/mol. The van der Waals surface area contributed by atoms with Crippen LogP contribution in [0.25, 0.3) is 0 Å². The molecule has 0 radical (unpaired) electrons. The minimum atomic E-state index is -3.72. The van der Waals surface area contributed by atoms with Crippen LogP contribution in [-0.4, -0.2) is 26.0 Å². The minimum Gasteiger partial charge on any atom is -0.321 e. The van der Waals surface area contributed by atoms with Gasteiger partial charge in [-0.1, -0.05) is 36.7 Å². The molecule has 6 nitrogen and oxygen atoms in total. The van der Waals surface area contributed by atoms with Crippen molar-refractivity contribution in [3.8, 4) is 0 Å². The van der Waals surface area contributed by atoms with Gasteiger partial charge in [0, 0.05) is 5.69 Å². The van der Waals surface area contributed by atoms with Gasteiger partial charge in [0.25, 0.3) is 5.91 Å². The number of aryl methyl sites for hydroxylation is 2. The van der Waals surface area contributed by atoms with Gasteiger partial charge in [-0.2, -0.15) is 0 Å². The van der Waals surface area contributed by atoms with Crippen LogP contribution >= 0.6 is 11.6 Å². The highest BCUT2D eigenvalue weighted by Crippen LogP contribution is 2.32. The Labute approximate surface area is 163 Å². The zero-order chi connectivity index (χ0) is 19.9. The first-order chi connectivity index (χ1) is 12.6. The predicted octanol–water partition coefficient (Wildman–Crippen LogP) is 3.52. The number of para-hydroxylation sites is 1. The Hall–Kier alpha value is -2.38. The van der Waals surface area contributed by atoms with Crippen molar-refractivity contribution in [1.82, 2.24) is 0 Å². The number of nitrogens with one attached hydrogen (secondary N) is 1. The lowest BCUT2D eigenvalue weighted by atomic mass is 10.1. The summed E-state index contributed by atoms with van der Waals surface area (Å²) in [5.74, 6) is -1.76. The fourth-order valence-corrected chi connectivity index (χ4v) is 5.17. The smallest absolute Gasteiger partial charge is 0.257 e. The lowest BCUT2D eigenvalue weighted by Gasteiger charge is -2.17. The van der Waals surface area contributed by atoms with E-state index >= 15 is 0 Å². The van der Waals surface area contributed by atoms with E-state index in [0.29, 0.717) is 5.69 Å². The van der Waals surface area contributed by atoms with Crippen LogP contribution in [0, 0.1) is 19.8 Å². The van der Waals surface area contributed by atoms with Crippen molar-refractivity contribution >= 4 is 44.8 Å². The highest BCUT2D eigenvalue weighted by Gasteiger charge is 2.42. The standard InChI is InChI=1S/C19H19ClN2O4S/c1-11-5-4-6-12(2)17(11)21-18(23)15-8-7-14(9-16(15)20)22-19(24)13(3)10-27(22,25)26/h4-9,13H,10H2,1-3H3,(H,21,23). The third-order valence-electron chi connectivity index (χ3n) is 4.51. The van der Waals surface area contributed by atoms with Crippen LogP contribution in [0.2, 0.25) is 5.02 Å². The SMILES string of the molecule is Cc1cccc(C)c1NC(=O)c1ccc(N2C(=O)C(C)CS2(=O)=O)cc1Cl. The van der Waals surface area contributed by atoms with Crippen LogP contribution in [0.1, 0.15) is 28.4 Å². The molecule has 8 heteroatoms. The summed E-state index contributed by atoms with van der Waals surface area (Å²) in [7, 11) is -3.72. The Morgan fingerprint density at radius 2 is 1.81 bits per heavy atom. The quantitative estimate of drug-likeness (QED) is 0.845. The molecule has 0 saturated carbocycles. The van der Waals surface area contributed by atoms with E-state index in [2.05, 4.69) is 5.32 Å². The fourth-order valence-electron chi connectivity index (χ4n) is 3.09. The van der Waals surface area contributed by atoms with Crippen molar-refractivity contribution in [2.75, 3.05) is 15.4 Å². The number of carbonyl (C=O) groups is 2. The second kappa shape index (κ2) is 6.98. The fraction of sp³-hybridized carbons (Fsp3) is 0.263. The van der Waals surface area contributed by atoms with Crippen LogP contribution in [0.5, 0.6) is 0 Å². The van der Waals surface area contributed by atoms with E-state index in [-0.39, 0.29) is 22.0 Å². The van der Waals surface area contributed by atoms with E-state index in [1.807, 2.05) is 32.0 Å². The number of benzene rings is 2. The van der Waals surface area contributed by atoms with Crippen LogP contribution in [0.3, 0.4) is 0 Å². The average Bonchev–Trinajstić information content (AvgIpc) is 2.78. The molecule has 1 atom stereocenters. The lowest BCUT2D eigenvalue weighted by Crippen LogP contribution is -2.30. The third-order valence-corrected chi connectivity index (χ3v) is 6.69. The summed E-state index contributed by atoms with van der Waals surface area (Å²) >= 11 is 6.23. The van der Waals surface area contributed by atoms with Crippen molar-refractivity contribution in [2.45, 2.75) is 20.8 Å². The van der Waals surface area contributed by atoms with Gasteiger partial charge in [-0.05, 0) is 43.2 Å². The van der Waals surface area contributed by atoms with Gasteiger partial charge in [-0.15, -0.1) is 0 Å². The van der Waals surface area contributed by atoms with Crippen molar-refractivity contribution < 1.29 is 18.0 Å². The molecule has 3 rings (SSSR count). The number of halogens is 1. The van der Waals surface area contributed by atoms with E-state index < -0.39 is 27.8 Å². The van der Waals surface area contributed by atoms with E-state index in [1.165, 1.54) is 18.2 Å². The molecule has 1 heterocycles. The summed E-state index contributed by atoms with van der Waals surface area (Å²) in [5.41, 5.74) is 2.87. The molecule has 1 unspecified atom stereocenters. The Morgan fingerprint density at radius 1 is 1.19 bits per heavy atom. The zero-order valence-electron chi connectivity index (χ0n) is 15.1. The van der Waals surface area contributed by atoms with Gasteiger partial charge in [0.1, 0.15) is 0 Å². The highest BCUT2D eigenvalue weighted by atomic mass is 35.5. The number of hydrogen-bond acceptors (Lipinski definition) is 4. The van der Waals surface area contributed by atoms with E-state index in [1.54, 1.807) is 6.92 Å². The van der Waals surface area contributed by atoms with Crippen molar-refractivity contribution in [3.63, 3.8) is 0 Å². The average molecular weight is 407 g/mol. The van der Waals surface area contributed by atoms with E-state index in [9.17, 15) is 18.0 Å². The Bertz CT molecular complexity index is 1030. The molecular weight excluding hydrogens is 388 g/mol. The number of sulfonamides is 1. The predicted molar refractivity (Wildman–Crippen MR) is 106 cm³/mol. The number of anilines is 2. The number of amides is 2. The van der Waals surface area contributed by atoms with Gasteiger partial charge >= 0.3 is 0 Å². The topological polar surface area (TPSA) is 83.6 Å². The van der Waals surface area contributed by atoms with E-state index in [4.69, 9.17) is 11.6 Å². The summed E-state index contributed by atoms with van der Waals surface area (Å²) in [5, 5.41) is 2.90. The summed E-state index contributed by atoms with van der Waals surface area (Å²) in [6, 6.07) is 9.84. The van der Waals surface area contributed by atoms with Crippen LogP contribution < -0.4 is 9.62 Å². The van der Waals surface area contributed by atoms with Gasteiger partial charge in [0.05, 0.1) is 27.9 Å². The molecule has 0 aromatic heterocycles. The molecule has 1 fully saturated rings. The summed E-state index contributed by atoms with van der Waals surface area (Å²) in [6.07, 6.45) is 0. The van der Waals surface area contributed by atoms with Gasteiger partial charge < -0.3 is 5.32 Å². The van der Waals surface area contributed by atoms with Crippen LogP contribution in [0.4, 0.5) is 11.4 Å². The molecule has 2 aromatic carbocycles. The zero-order valence-corrected chi connectivity index (χ0v) is 16.7. The first-order valence-corrected chi connectivity index (χ1v) is 10.3. The molecule has 2 aromatic rings. The second-order valence-corrected chi connectivity index (χ2v) is 8.94. The van der Waals surface area contributed by atoms with Gasteiger partial charge in [-0.3, -0.25) is 9.59 Å². The number of rotatable bonds is 3. The molecule has 1 aliphatic heterocycles. The van der Waals surface area contributed by atoms with Crippen molar-refractivity contribution in [2.24, 2.45) is 5.92 Å². The molecule has 0 aliphatic carbocycles. The molecule has 1 aliphatic rings. The second-order valence-electron chi connectivity index (χ2n) is 6.67.